The van der Waals surface area contributed by atoms with Gasteiger partial charge in [0.15, 0.2) is 0 Å². The van der Waals surface area contributed by atoms with Crippen LogP contribution in [0.1, 0.15) is 13.3 Å². The van der Waals surface area contributed by atoms with Gasteiger partial charge < -0.3 is 26.7 Å². The minimum Gasteiger partial charge on any atom is -0.394 e. The predicted octanol–water partition coefficient (Wildman–Crippen LogP) is -2.27. The fourth-order valence-corrected chi connectivity index (χ4v) is 0.896. The van der Waals surface area contributed by atoms with E-state index in [0.717, 1.165) is 0 Å². The highest BCUT2D eigenvalue weighted by molar-refractivity contribution is 5.81. The molecule has 0 fully saturated rings. The molecule has 0 saturated heterocycles. The van der Waals surface area contributed by atoms with Crippen LogP contribution in [0.3, 0.4) is 0 Å². The van der Waals surface area contributed by atoms with E-state index in [9.17, 15) is 9.59 Å². The molecule has 0 aliphatic carbocycles. The van der Waals surface area contributed by atoms with Gasteiger partial charge >= 0.3 is 0 Å². The van der Waals surface area contributed by atoms with Gasteiger partial charge in [0.05, 0.1) is 24.7 Å². The summed E-state index contributed by atoms with van der Waals surface area (Å²) in [5, 5.41) is 11.4. The number of rotatable bonds is 6. The number of aliphatic hydroxyl groups excluding tert-OH is 1. The lowest BCUT2D eigenvalue weighted by molar-refractivity contribution is -0.123. The van der Waals surface area contributed by atoms with Gasteiger partial charge in [-0.05, 0) is 13.3 Å². The Bertz CT molecular complexity index is 196. The molecule has 0 aliphatic heterocycles. The largest absolute Gasteiger partial charge is 0.394 e. The van der Waals surface area contributed by atoms with Crippen LogP contribution in [0.5, 0.6) is 0 Å². The first-order chi connectivity index (χ1) is 6.51. The van der Waals surface area contributed by atoms with Crippen LogP contribution in [0, 0.1) is 0 Å². The molecule has 0 rings (SSSR count). The minimum atomic E-state index is -0.680. The number of nitrogens with two attached hydrogens (primary N) is 2. The quantitative estimate of drug-likeness (QED) is 0.363. The lowest BCUT2D eigenvalue weighted by Crippen LogP contribution is -2.47. The van der Waals surface area contributed by atoms with Crippen LogP contribution >= 0.6 is 0 Å². The van der Waals surface area contributed by atoms with Gasteiger partial charge in [-0.1, -0.05) is 0 Å². The second kappa shape index (κ2) is 6.47. The first-order valence-corrected chi connectivity index (χ1v) is 4.39. The van der Waals surface area contributed by atoms with Crippen molar-refractivity contribution in [2.24, 2.45) is 11.5 Å². The number of carbonyl (C=O) groups excluding carboxylic acids is 2. The molecule has 0 bridgehead atoms. The molecule has 6 nitrogen and oxygen atoms in total. The third-order valence-electron chi connectivity index (χ3n) is 1.71. The summed E-state index contributed by atoms with van der Waals surface area (Å²) in [7, 11) is 0. The van der Waals surface area contributed by atoms with E-state index in [4.69, 9.17) is 16.6 Å². The van der Waals surface area contributed by atoms with Gasteiger partial charge in [0.1, 0.15) is 6.29 Å². The number of aldehydes is 1. The molecule has 0 aliphatic rings. The van der Waals surface area contributed by atoms with E-state index in [-0.39, 0.29) is 18.9 Å². The van der Waals surface area contributed by atoms with Crippen molar-refractivity contribution in [2.45, 2.75) is 31.5 Å². The van der Waals surface area contributed by atoms with Crippen molar-refractivity contribution in [3.05, 3.63) is 0 Å². The smallest absolute Gasteiger partial charge is 0.236 e. The summed E-state index contributed by atoms with van der Waals surface area (Å²) in [6.45, 7) is 1.27. The molecule has 0 spiro atoms. The first kappa shape index (κ1) is 13.0. The number of nitrogens with one attached hydrogen (secondary N) is 1. The summed E-state index contributed by atoms with van der Waals surface area (Å²) in [4.78, 5) is 21.3. The molecule has 0 aromatic carbocycles. The fraction of sp³-hybridized carbons (Fsp3) is 0.750. The Hall–Kier alpha value is -0.980. The number of aliphatic hydroxyl groups is 1. The van der Waals surface area contributed by atoms with Crippen molar-refractivity contribution < 1.29 is 14.7 Å². The summed E-state index contributed by atoms with van der Waals surface area (Å²) in [5.74, 6) is -0.373. The highest BCUT2D eigenvalue weighted by Gasteiger charge is 2.16. The Morgan fingerprint density at radius 3 is 2.50 bits per heavy atom. The van der Waals surface area contributed by atoms with Gasteiger partial charge in [-0.3, -0.25) is 4.79 Å². The Labute approximate surface area is 82.6 Å². The molecule has 0 radical (unpaired) electrons. The van der Waals surface area contributed by atoms with E-state index >= 15 is 0 Å². The number of hydrogen-bond acceptors (Lipinski definition) is 5. The molecule has 0 heterocycles. The third kappa shape index (κ3) is 4.90. The summed E-state index contributed by atoms with van der Waals surface area (Å²) < 4.78 is 0. The van der Waals surface area contributed by atoms with Crippen LogP contribution in [0.25, 0.3) is 0 Å². The van der Waals surface area contributed by atoms with Crippen LogP contribution in [-0.2, 0) is 9.59 Å². The maximum Gasteiger partial charge on any atom is 0.236 e. The molecule has 0 aromatic rings. The van der Waals surface area contributed by atoms with Crippen molar-refractivity contribution in [3.63, 3.8) is 0 Å². The molecule has 1 amide bonds. The maximum absolute atomic E-state index is 11.1. The molecule has 0 aromatic heterocycles. The Kier molecular flexibility index (Phi) is 6.02. The van der Waals surface area contributed by atoms with Crippen LogP contribution in [0.15, 0.2) is 0 Å². The Morgan fingerprint density at radius 1 is 1.57 bits per heavy atom. The number of hydrogen-bond donors (Lipinski definition) is 4. The molecule has 0 saturated carbocycles. The zero-order valence-electron chi connectivity index (χ0n) is 8.14. The van der Waals surface area contributed by atoms with Crippen LogP contribution in [0.2, 0.25) is 0 Å². The highest BCUT2D eigenvalue weighted by Crippen LogP contribution is 1.94. The normalized spacial score (nSPS) is 16.9. The fourth-order valence-electron chi connectivity index (χ4n) is 0.896. The Balaban J connectivity index is 4.02. The standard InChI is InChI=1S/C8H17N3O3/c1-5(9)8(14)11-7(4-13)2-6(10)3-12/h3,5-7,13H,2,4,9-10H2,1H3,(H,11,14)/t5-,6?,7?/m1/s1. The molecule has 3 atom stereocenters. The topological polar surface area (TPSA) is 118 Å². The van der Waals surface area contributed by atoms with Gasteiger partial charge in [-0.25, -0.2) is 0 Å². The molecule has 6 heteroatoms. The highest BCUT2D eigenvalue weighted by atomic mass is 16.3. The van der Waals surface area contributed by atoms with Crippen LogP contribution in [-0.4, -0.2) is 42.0 Å². The monoisotopic (exact) mass is 203 g/mol. The number of amides is 1. The molecule has 6 N–H and O–H groups in total. The summed E-state index contributed by atoms with van der Waals surface area (Å²) in [5.41, 5.74) is 10.6. The van der Waals surface area contributed by atoms with Gasteiger partial charge in [0.2, 0.25) is 5.91 Å². The van der Waals surface area contributed by atoms with Crippen molar-refractivity contribution in [2.75, 3.05) is 6.61 Å². The second-order valence-corrected chi connectivity index (χ2v) is 3.21. The summed E-state index contributed by atoms with van der Waals surface area (Å²) in [6.07, 6.45) is 0.777. The maximum atomic E-state index is 11.1. The predicted molar refractivity (Wildman–Crippen MR) is 51.3 cm³/mol. The van der Waals surface area contributed by atoms with Gasteiger partial charge in [-0.2, -0.15) is 0 Å². The zero-order chi connectivity index (χ0) is 11.1. The summed E-state index contributed by atoms with van der Waals surface area (Å²) in [6, 6.07) is -1.84. The van der Waals surface area contributed by atoms with Crippen molar-refractivity contribution >= 4 is 12.2 Å². The minimum absolute atomic E-state index is 0.207. The molecule has 82 valence electrons. The molecule has 2 unspecified atom stereocenters. The molecular formula is C8H17N3O3. The van der Waals surface area contributed by atoms with E-state index in [2.05, 4.69) is 5.32 Å². The van der Waals surface area contributed by atoms with Gasteiger partial charge in [-0.15, -0.1) is 0 Å². The average molecular weight is 203 g/mol. The SMILES string of the molecule is C[C@@H](N)C(=O)NC(CO)CC(N)C=O. The zero-order valence-corrected chi connectivity index (χ0v) is 8.14. The van der Waals surface area contributed by atoms with E-state index in [0.29, 0.717) is 6.29 Å². The van der Waals surface area contributed by atoms with E-state index in [1.807, 2.05) is 0 Å². The second-order valence-electron chi connectivity index (χ2n) is 3.21. The lowest BCUT2D eigenvalue weighted by Gasteiger charge is -2.18. The van der Waals surface area contributed by atoms with Crippen molar-refractivity contribution in [1.82, 2.24) is 5.32 Å². The molecule has 14 heavy (non-hydrogen) atoms. The number of carbonyl (C=O) groups is 2. The molecular weight excluding hydrogens is 186 g/mol. The van der Waals surface area contributed by atoms with Crippen LogP contribution in [0.4, 0.5) is 0 Å². The van der Waals surface area contributed by atoms with E-state index in [1.165, 1.54) is 6.92 Å². The summed E-state index contributed by atoms with van der Waals surface area (Å²) >= 11 is 0. The van der Waals surface area contributed by atoms with E-state index in [1.54, 1.807) is 0 Å². The Morgan fingerprint density at radius 2 is 2.14 bits per heavy atom. The first-order valence-electron chi connectivity index (χ1n) is 4.39. The van der Waals surface area contributed by atoms with Gasteiger partial charge in [0.25, 0.3) is 0 Å². The van der Waals surface area contributed by atoms with Crippen molar-refractivity contribution in [3.8, 4) is 0 Å². The van der Waals surface area contributed by atoms with E-state index < -0.39 is 18.1 Å². The van der Waals surface area contributed by atoms with Crippen molar-refractivity contribution in [1.29, 1.82) is 0 Å². The lowest BCUT2D eigenvalue weighted by atomic mass is 10.1. The average Bonchev–Trinajstić information content (AvgIpc) is 2.16. The van der Waals surface area contributed by atoms with Gasteiger partial charge in [0, 0.05) is 0 Å². The third-order valence-corrected chi connectivity index (χ3v) is 1.71. The van der Waals surface area contributed by atoms with Crippen LogP contribution < -0.4 is 16.8 Å².